The van der Waals surface area contributed by atoms with E-state index in [4.69, 9.17) is 18.9 Å². The second kappa shape index (κ2) is 13.2. The maximum absolute atomic E-state index is 13.7. The summed E-state index contributed by atoms with van der Waals surface area (Å²) < 4.78 is 23.4. The minimum absolute atomic E-state index is 0.0449. The summed E-state index contributed by atoms with van der Waals surface area (Å²) in [4.78, 5) is 15.7. The zero-order chi connectivity index (χ0) is 26.2. The number of methoxy groups -OCH3 is 1. The molecule has 3 aromatic carbocycles. The van der Waals surface area contributed by atoms with Crippen molar-refractivity contribution in [3.8, 4) is 5.75 Å². The van der Waals surface area contributed by atoms with E-state index in [9.17, 15) is 4.79 Å². The van der Waals surface area contributed by atoms with Gasteiger partial charge in [0.25, 0.3) is 5.91 Å². The summed E-state index contributed by atoms with van der Waals surface area (Å²) in [6, 6.07) is 22.8. The van der Waals surface area contributed by atoms with Crippen LogP contribution in [-0.2, 0) is 32.2 Å². The zero-order valence-electron chi connectivity index (χ0n) is 22.1. The summed E-state index contributed by atoms with van der Waals surface area (Å²) in [6.45, 7) is 3.96. The highest BCUT2D eigenvalue weighted by Crippen LogP contribution is 2.33. The van der Waals surface area contributed by atoms with E-state index < -0.39 is 6.10 Å². The molecule has 0 aromatic heterocycles. The Labute approximate surface area is 225 Å². The Morgan fingerprint density at radius 2 is 1.82 bits per heavy atom. The highest BCUT2D eigenvalue weighted by molar-refractivity contribution is 5.89. The smallest absolute Gasteiger partial charge is 0.253 e. The van der Waals surface area contributed by atoms with Crippen molar-refractivity contribution in [1.29, 1.82) is 0 Å². The Bertz CT molecular complexity index is 1180. The van der Waals surface area contributed by atoms with Gasteiger partial charge in [-0.15, -0.1) is 0 Å². The van der Waals surface area contributed by atoms with Crippen LogP contribution in [0.1, 0.15) is 30.4 Å². The van der Waals surface area contributed by atoms with Gasteiger partial charge in [0.2, 0.25) is 0 Å². The summed E-state index contributed by atoms with van der Waals surface area (Å²) in [7, 11) is 1.70. The number of morpholine rings is 1. The first-order chi connectivity index (χ1) is 18.7. The van der Waals surface area contributed by atoms with Gasteiger partial charge < -0.3 is 29.2 Å². The van der Waals surface area contributed by atoms with Crippen molar-refractivity contribution >= 4 is 16.7 Å². The van der Waals surface area contributed by atoms with Gasteiger partial charge in [0, 0.05) is 51.2 Å². The van der Waals surface area contributed by atoms with Crippen LogP contribution in [-0.4, -0.2) is 69.1 Å². The van der Waals surface area contributed by atoms with E-state index in [-0.39, 0.29) is 18.1 Å². The topological polar surface area (TPSA) is 69.3 Å². The molecule has 1 aliphatic carbocycles. The number of rotatable bonds is 13. The first-order valence-electron chi connectivity index (χ1n) is 13.6. The van der Waals surface area contributed by atoms with Crippen molar-refractivity contribution in [3.63, 3.8) is 0 Å². The molecule has 1 saturated heterocycles. The predicted molar refractivity (Wildman–Crippen MR) is 147 cm³/mol. The fourth-order valence-corrected chi connectivity index (χ4v) is 4.92. The van der Waals surface area contributed by atoms with Gasteiger partial charge in [-0.1, -0.05) is 54.6 Å². The Balaban J connectivity index is 1.23. The van der Waals surface area contributed by atoms with Gasteiger partial charge in [-0.05, 0) is 41.5 Å². The molecule has 0 unspecified atom stereocenters. The first-order valence-corrected chi connectivity index (χ1v) is 13.6. The van der Waals surface area contributed by atoms with E-state index in [1.54, 1.807) is 7.11 Å². The third-order valence-corrected chi connectivity index (χ3v) is 7.01. The zero-order valence-corrected chi connectivity index (χ0v) is 22.1. The van der Waals surface area contributed by atoms with E-state index in [0.717, 1.165) is 46.9 Å². The lowest BCUT2D eigenvalue weighted by Gasteiger charge is -2.34. The summed E-state index contributed by atoms with van der Waals surface area (Å²) in [5, 5.41) is 5.57. The number of carbonyl (C=O) groups excluding carboxylic acids is 1. The van der Waals surface area contributed by atoms with Gasteiger partial charge in [-0.2, -0.15) is 0 Å². The van der Waals surface area contributed by atoms with Crippen LogP contribution in [0.3, 0.4) is 0 Å². The molecule has 2 atom stereocenters. The second-order valence-electron chi connectivity index (χ2n) is 10.1. The molecule has 0 bridgehead atoms. The molecule has 1 heterocycles. The highest BCUT2D eigenvalue weighted by atomic mass is 16.5. The van der Waals surface area contributed by atoms with Crippen molar-refractivity contribution in [2.75, 3.05) is 40.0 Å². The predicted octanol–water partition coefficient (Wildman–Crippen LogP) is 4.32. The first kappa shape index (κ1) is 26.6. The van der Waals surface area contributed by atoms with Crippen molar-refractivity contribution in [3.05, 3.63) is 77.9 Å². The molecule has 1 aliphatic heterocycles. The Kier molecular flexibility index (Phi) is 9.25. The van der Waals surface area contributed by atoms with Crippen LogP contribution in [0, 0.1) is 0 Å². The van der Waals surface area contributed by atoms with Crippen LogP contribution in [0.4, 0.5) is 0 Å². The molecule has 0 radical (unpaired) electrons. The van der Waals surface area contributed by atoms with E-state index in [1.807, 2.05) is 47.4 Å². The fraction of sp³-hybridized carbons (Fsp3) is 0.452. The molecule has 202 valence electrons. The average Bonchev–Trinajstić information content (AvgIpc) is 3.80. The number of ether oxygens (including phenoxy) is 4. The van der Waals surface area contributed by atoms with Crippen LogP contribution in [0.5, 0.6) is 5.75 Å². The highest BCUT2D eigenvalue weighted by Gasteiger charge is 2.38. The molecule has 1 amide bonds. The number of hydrogen-bond acceptors (Lipinski definition) is 6. The Morgan fingerprint density at radius 3 is 2.63 bits per heavy atom. The van der Waals surface area contributed by atoms with Gasteiger partial charge in [0.05, 0.1) is 25.9 Å². The molecule has 1 N–H and O–H groups in total. The number of nitrogens with zero attached hydrogens (tertiary/aromatic N) is 1. The van der Waals surface area contributed by atoms with E-state index >= 15 is 0 Å². The summed E-state index contributed by atoms with van der Waals surface area (Å²) in [5.41, 5.74) is 2.19. The van der Waals surface area contributed by atoms with Gasteiger partial charge in [-0.3, -0.25) is 4.79 Å². The summed E-state index contributed by atoms with van der Waals surface area (Å²) in [6.07, 6.45) is 2.21. The molecular formula is C31H38N2O5. The molecule has 2 aliphatic rings. The van der Waals surface area contributed by atoms with E-state index in [1.165, 1.54) is 0 Å². The van der Waals surface area contributed by atoms with Crippen molar-refractivity contribution < 1.29 is 23.7 Å². The third-order valence-electron chi connectivity index (χ3n) is 7.01. The molecule has 0 spiro atoms. The standard InChI is InChI=1S/C31H38N2O5/c1-35-14-7-15-37-29-17-24(16-25-10-5-6-11-28(25)29)20-33(26-12-13-26)31(34)30-19-32-18-27(38-30)22-36-21-23-8-3-2-4-9-23/h2-6,8-11,16-17,26-27,30,32H,7,12-15,18-22H2,1H3/t27-,30+/m0/s1. The molecule has 5 rings (SSSR count). The van der Waals surface area contributed by atoms with Crippen molar-refractivity contribution in [2.24, 2.45) is 0 Å². The lowest BCUT2D eigenvalue weighted by atomic mass is 10.0. The largest absolute Gasteiger partial charge is 0.493 e. The molecule has 1 saturated carbocycles. The van der Waals surface area contributed by atoms with Crippen LogP contribution in [0.25, 0.3) is 10.8 Å². The van der Waals surface area contributed by atoms with Crippen molar-refractivity contribution in [1.82, 2.24) is 10.2 Å². The van der Waals surface area contributed by atoms with Crippen LogP contribution in [0.15, 0.2) is 66.7 Å². The molecule has 2 fully saturated rings. The number of carbonyl (C=O) groups is 1. The molecule has 7 heteroatoms. The number of amides is 1. The Morgan fingerprint density at radius 1 is 1.00 bits per heavy atom. The van der Waals surface area contributed by atoms with Crippen LogP contribution >= 0.6 is 0 Å². The molecule has 38 heavy (non-hydrogen) atoms. The maximum atomic E-state index is 13.7. The fourth-order valence-electron chi connectivity index (χ4n) is 4.92. The number of hydrogen-bond donors (Lipinski definition) is 1. The number of fused-ring (bicyclic) bond motifs is 1. The molecule has 7 nitrogen and oxygen atoms in total. The summed E-state index contributed by atoms with van der Waals surface area (Å²) in [5.74, 6) is 0.895. The Hall–Kier alpha value is -2.97. The monoisotopic (exact) mass is 518 g/mol. The maximum Gasteiger partial charge on any atom is 0.253 e. The lowest BCUT2D eigenvalue weighted by molar-refractivity contribution is -0.155. The average molecular weight is 519 g/mol. The normalized spacial score (nSPS) is 19.4. The third kappa shape index (κ3) is 7.11. The van der Waals surface area contributed by atoms with Gasteiger partial charge in [-0.25, -0.2) is 0 Å². The van der Waals surface area contributed by atoms with Gasteiger partial charge in [0.1, 0.15) is 11.9 Å². The van der Waals surface area contributed by atoms with Crippen LogP contribution in [0.2, 0.25) is 0 Å². The van der Waals surface area contributed by atoms with Crippen molar-refractivity contribution in [2.45, 2.75) is 50.7 Å². The van der Waals surface area contributed by atoms with Gasteiger partial charge in [0.15, 0.2) is 0 Å². The van der Waals surface area contributed by atoms with E-state index in [2.05, 4.69) is 29.6 Å². The van der Waals surface area contributed by atoms with Crippen LogP contribution < -0.4 is 10.1 Å². The van der Waals surface area contributed by atoms with E-state index in [0.29, 0.717) is 46.1 Å². The number of nitrogens with one attached hydrogen (secondary N) is 1. The minimum atomic E-state index is -0.514. The second-order valence-corrected chi connectivity index (χ2v) is 10.1. The quantitative estimate of drug-likeness (QED) is 0.340. The SMILES string of the molecule is COCCCOc1cc(CN(C(=O)[C@H]2CNC[C@@H](COCc3ccccc3)O2)C2CC2)cc2ccccc12. The number of benzene rings is 3. The summed E-state index contributed by atoms with van der Waals surface area (Å²) >= 11 is 0. The minimum Gasteiger partial charge on any atom is -0.493 e. The van der Waals surface area contributed by atoms with Gasteiger partial charge >= 0.3 is 0 Å². The molecular weight excluding hydrogens is 480 g/mol. The molecule has 3 aromatic rings. The lowest BCUT2D eigenvalue weighted by Crippen LogP contribution is -2.54.